The van der Waals surface area contributed by atoms with Gasteiger partial charge in [0.25, 0.3) is 5.91 Å². The third-order valence-corrected chi connectivity index (χ3v) is 5.88. The van der Waals surface area contributed by atoms with Gasteiger partial charge in [-0.2, -0.15) is 0 Å². The predicted octanol–water partition coefficient (Wildman–Crippen LogP) is 2.76. The second-order valence-corrected chi connectivity index (χ2v) is 7.73. The van der Waals surface area contributed by atoms with E-state index in [0.29, 0.717) is 23.7 Å². The lowest BCUT2D eigenvalue weighted by molar-refractivity contribution is -0.124. The van der Waals surface area contributed by atoms with Gasteiger partial charge >= 0.3 is 0 Å². The Kier molecular flexibility index (Phi) is 5.62. The maximum atomic E-state index is 12.7. The molecule has 0 saturated carbocycles. The molecule has 3 aromatic rings. The molecule has 2 aromatic carbocycles. The van der Waals surface area contributed by atoms with Crippen LogP contribution in [0.2, 0.25) is 0 Å². The number of hydrogen-bond donors (Lipinski definition) is 1. The first kappa shape index (κ1) is 18.6. The van der Waals surface area contributed by atoms with Gasteiger partial charge in [-0.1, -0.05) is 30.3 Å². The van der Waals surface area contributed by atoms with Crippen LogP contribution in [0.3, 0.4) is 0 Å². The molecule has 1 atom stereocenters. The zero-order valence-corrected chi connectivity index (χ0v) is 16.3. The van der Waals surface area contributed by atoms with Gasteiger partial charge < -0.3 is 14.8 Å². The van der Waals surface area contributed by atoms with Crippen LogP contribution >= 0.6 is 11.8 Å². The Labute approximate surface area is 167 Å². The van der Waals surface area contributed by atoms with Crippen molar-refractivity contribution in [2.75, 3.05) is 18.2 Å². The molecule has 0 radical (unpaired) electrons. The van der Waals surface area contributed by atoms with Gasteiger partial charge in [0, 0.05) is 24.4 Å². The number of nitrogens with one attached hydrogen (secondary N) is 1. The highest BCUT2D eigenvalue weighted by Crippen LogP contribution is 2.23. The summed E-state index contributed by atoms with van der Waals surface area (Å²) >= 11 is 1.61. The third kappa shape index (κ3) is 3.89. The molecule has 4 rings (SSSR count). The van der Waals surface area contributed by atoms with Gasteiger partial charge in [0.1, 0.15) is 6.04 Å². The topological polar surface area (TPSA) is 67.2 Å². The molecule has 0 spiro atoms. The Morgan fingerprint density at radius 2 is 1.89 bits per heavy atom. The molecule has 0 aliphatic carbocycles. The number of aryl methyl sites for hydroxylation is 1. The Morgan fingerprint density at radius 1 is 1.11 bits per heavy atom. The largest absolute Gasteiger partial charge is 0.354 e. The lowest BCUT2D eigenvalue weighted by Crippen LogP contribution is -2.47. The van der Waals surface area contributed by atoms with E-state index in [4.69, 9.17) is 0 Å². The number of amides is 2. The van der Waals surface area contributed by atoms with E-state index in [-0.39, 0.29) is 11.8 Å². The SMILES string of the molecule is O=C(NCCCn1cnc2ccccc21)C1CSCN1C(=O)c1ccccc1. The molecule has 1 fully saturated rings. The third-order valence-electron chi connectivity index (χ3n) is 4.87. The van der Waals surface area contributed by atoms with Crippen molar-refractivity contribution in [1.29, 1.82) is 0 Å². The number of hydrogen-bond acceptors (Lipinski definition) is 4. The number of rotatable bonds is 6. The number of para-hydroxylation sites is 2. The number of carbonyl (C=O) groups excluding carboxylic acids is 2. The number of fused-ring (bicyclic) bond motifs is 1. The van der Waals surface area contributed by atoms with E-state index in [1.807, 2.05) is 48.8 Å². The average Bonchev–Trinajstić information content (AvgIpc) is 3.39. The number of imidazole rings is 1. The summed E-state index contributed by atoms with van der Waals surface area (Å²) in [6, 6.07) is 16.7. The number of carbonyl (C=O) groups is 2. The Bertz CT molecular complexity index is 973. The molecule has 1 aromatic heterocycles. The summed E-state index contributed by atoms with van der Waals surface area (Å²) in [5.74, 6) is 1.02. The van der Waals surface area contributed by atoms with Gasteiger partial charge in [0.05, 0.1) is 23.2 Å². The Morgan fingerprint density at radius 3 is 2.75 bits per heavy atom. The van der Waals surface area contributed by atoms with E-state index < -0.39 is 6.04 Å². The van der Waals surface area contributed by atoms with Crippen molar-refractivity contribution in [2.45, 2.75) is 19.0 Å². The molecule has 144 valence electrons. The van der Waals surface area contributed by atoms with Crippen molar-refractivity contribution < 1.29 is 9.59 Å². The maximum Gasteiger partial charge on any atom is 0.255 e. The Hall–Kier alpha value is -2.80. The van der Waals surface area contributed by atoms with Gasteiger partial charge in [-0.3, -0.25) is 9.59 Å². The minimum absolute atomic E-state index is 0.0789. The van der Waals surface area contributed by atoms with Crippen molar-refractivity contribution in [3.8, 4) is 0 Å². The van der Waals surface area contributed by atoms with Crippen LogP contribution in [0.1, 0.15) is 16.8 Å². The van der Waals surface area contributed by atoms with E-state index >= 15 is 0 Å². The first-order valence-corrected chi connectivity index (χ1v) is 10.5. The molecular weight excluding hydrogens is 372 g/mol. The van der Waals surface area contributed by atoms with Crippen LogP contribution in [0.25, 0.3) is 11.0 Å². The minimum atomic E-state index is -0.410. The van der Waals surface area contributed by atoms with Gasteiger partial charge in [-0.15, -0.1) is 11.8 Å². The second-order valence-electron chi connectivity index (χ2n) is 6.73. The molecule has 0 bridgehead atoms. The molecular formula is C21H22N4O2S. The maximum absolute atomic E-state index is 12.7. The molecule has 1 saturated heterocycles. The molecule has 1 aliphatic rings. The van der Waals surface area contributed by atoms with Crippen LogP contribution in [0.15, 0.2) is 60.9 Å². The van der Waals surface area contributed by atoms with Gasteiger partial charge in [0.15, 0.2) is 0 Å². The molecule has 6 nitrogen and oxygen atoms in total. The van der Waals surface area contributed by atoms with E-state index in [1.54, 1.807) is 28.8 Å². The summed E-state index contributed by atoms with van der Waals surface area (Å²) in [5.41, 5.74) is 2.69. The van der Waals surface area contributed by atoms with Crippen LogP contribution in [0.5, 0.6) is 0 Å². The quantitative estimate of drug-likeness (QED) is 0.653. The Balaban J connectivity index is 1.30. The fraction of sp³-hybridized carbons (Fsp3) is 0.286. The molecule has 2 heterocycles. The van der Waals surface area contributed by atoms with Gasteiger partial charge in [0.2, 0.25) is 5.91 Å². The van der Waals surface area contributed by atoms with Gasteiger partial charge in [-0.05, 0) is 30.7 Å². The predicted molar refractivity (Wildman–Crippen MR) is 111 cm³/mol. The lowest BCUT2D eigenvalue weighted by Gasteiger charge is -2.23. The molecule has 28 heavy (non-hydrogen) atoms. The number of nitrogens with zero attached hydrogens (tertiary/aromatic N) is 3. The first-order valence-electron chi connectivity index (χ1n) is 9.35. The average molecular weight is 395 g/mol. The van der Waals surface area contributed by atoms with Crippen LogP contribution in [-0.2, 0) is 11.3 Å². The van der Waals surface area contributed by atoms with E-state index in [9.17, 15) is 9.59 Å². The monoisotopic (exact) mass is 394 g/mol. The zero-order chi connectivity index (χ0) is 19.3. The zero-order valence-electron chi connectivity index (χ0n) is 15.5. The van der Waals surface area contributed by atoms with Crippen molar-refractivity contribution in [2.24, 2.45) is 0 Å². The minimum Gasteiger partial charge on any atom is -0.354 e. The first-order chi connectivity index (χ1) is 13.7. The summed E-state index contributed by atoms with van der Waals surface area (Å²) < 4.78 is 2.10. The highest BCUT2D eigenvalue weighted by molar-refractivity contribution is 7.99. The second kappa shape index (κ2) is 8.48. The fourth-order valence-electron chi connectivity index (χ4n) is 3.37. The number of aromatic nitrogens is 2. The van der Waals surface area contributed by atoms with Crippen molar-refractivity contribution >= 4 is 34.6 Å². The van der Waals surface area contributed by atoms with E-state index in [1.165, 1.54) is 0 Å². The number of benzene rings is 2. The smallest absolute Gasteiger partial charge is 0.255 e. The summed E-state index contributed by atoms with van der Waals surface area (Å²) in [5, 5.41) is 2.99. The van der Waals surface area contributed by atoms with E-state index in [0.717, 1.165) is 24.0 Å². The highest BCUT2D eigenvalue weighted by Gasteiger charge is 2.34. The summed E-state index contributed by atoms with van der Waals surface area (Å²) in [6.07, 6.45) is 2.64. The van der Waals surface area contributed by atoms with E-state index in [2.05, 4.69) is 14.9 Å². The molecule has 1 aliphatic heterocycles. The van der Waals surface area contributed by atoms with Crippen LogP contribution < -0.4 is 5.32 Å². The van der Waals surface area contributed by atoms with Crippen LogP contribution in [-0.4, -0.2) is 50.5 Å². The lowest BCUT2D eigenvalue weighted by atomic mass is 10.1. The summed E-state index contributed by atoms with van der Waals surface area (Å²) in [6.45, 7) is 1.35. The van der Waals surface area contributed by atoms with Crippen LogP contribution in [0, 0.1) is 0 Å². The highest BCUT2D eigenvalue weighted by atomic mass is 32.2. The van der Waals surface area contributed by atoms with Crippen LogP contribution in [0.4, 0.5) is 0 Å². The van der Waals surface area contributed by atoms with Crippen molar-refractivity contribution in [1.82, 2.24) is 19.8 Å². The standard InChI is InChI=1S/C21H22N4O2S/c26-20(19-13-28-15-25(19)21(27)16-7-2-1-3-8-16)22-11-6-12-24-14-23-17-9-4-5-10-18(17)24/h1-5,7-10,14,19H,6,11-13,15H2,(H,22,26). The van der Waals surface area contributed by atoms with Crippen molar-refractivity contribution in [3.05, 3.63) is 66.5 Å². The molecule has 7 heteroatoms. The summed E-state index contributed by atoms with van der Waals surface area (Å²) in [7, 11) is 0. The number of thioether (sulfide) groups is 1. The molecule has 2 amide bonds. The van der Waals surface area contributed by atoms with Gasteiger partial charge in [-0.25, -0.2) is 4.98 Å². The van der Waals surface area contributed by atoms with Crippen molar-refractivity contribution in [3.63, 3.8) is 0 Å². The molecule has 1 unspecified atom stereocenters. The molecule has 1 N–H and O–H groups in total. The normalized spacial score (nSPS) is 16.4. The summed E-state index contributed by atoms with van der Waals surface area (Å²) in [4.78, 5) is 31.4. The fourth-order valence-corrected chi connectivity index (χ4v) is 4.53.